The number of hydrogen-bond acceptors (Lipinski definition) is 9. The third kappa shape index (κ3) is 4.77. The Hall–Kier alpha value is -3.41. The number of amides is 2. The minimum atomic E-state index is -0.377. The minimum Gasteiger partial charge on any atom is -0.481 e. The van der Waals surface area contributed by atoms with E-state index in [1.165, 1.54) is 11.8 Å². The number of pyridine rings is 2. The Morgan fingerprint density at radius 3 is 2.97 bits per heavy atom. The van der Waals surface area contributed by atoms with Crippen LogP contribution in [0.1, 0.15) is 18.0 Å². The zero-order valence-electron chi connectivity index (χ0n) is 21.3. The average molecular weight is 535 g/mol. The standard InChI is InChI=1S/C27H30N6O4S/c1-32(13-18-14-33(27(35)37-18)17-3-5-22-21(11-17)30-23(34)15-38-22)26(16-7-9-28-12-16)19-8-10-29-20-4-6-24(36-2)31-25(19)20/h3-6,8,10-11,16,18,26,28H,7,9,12-15H2,1-2H3,(H,30,34)/t16?,18?,26-/m0/s1. The molecular formula is C27H30N6O4S. The van der Waals surface area contributed by atoms with Crippen LogP contribution in [0.5, 0.6) is 5.88 Å². The summed E-state index contributed by atoms with van der Waals surface area (Å²) in [5, 5.41) is 6.39. The number of likely N-dealkylation sites (N-methyl/N-ethyl adjacent to an activating group) is 1. The van der Waals surface area contributed by atoms with Crippen molar-refractivity contribution in [2.75, 3.05) is 56.3 Å². The van der Waals surface area contributed by atoms with Gasteiger partial charge in [-0.25, -0.2) is 9.78 Å². The van der Waals surface area contributed by atoms with Crippen molar-refractivity contribution in [1.82, 2.24) is 20.2 Å². The van der Waals surface area contributed by atoms with E-state index < -0.39 is 0 Å². The van der Waals surface area contributed by atoms with Crippen molar-refractivity contribution in [1.29, 1.82) is 0 Å². The third-order valence-electron chi connectivity index (χ3n) is 7.41. The topological polar surface area (TPSA) is 109 Å². The quantitative estimate of drug-likeness (QED) is 0.472. The molecule has 6 rings (SSSR count). The smallest absolute Gasteiger partial charge is 0.414 e. The molecule has 10 nitrogen and oxygen atoms in total. The lowest BCUT2D eigenvalue weighted by Crippen LogP contribution is -2.38. The summed E-state index contributed by atoms with van der Waals surface area (Å²) in [5.74, 6) is 1.29. The van der Waals surface area contributed by atoms with Gasteiger partial charge >= 0.3 is 6.09 Å². The lowest BCUT2D eigenvalue weighted by molar-refractivity contribution is -0.113. The summed E-state index contributed by atoms with van der Waals surface area (Å²) in [6.45, 7) is 2.86. The fraction of sp³-hybridized carbons (Fsp3) is 0.407. The van der Waals surface area contributed by atoms with E-state index in [1.54, 1.807) is 12.0 Å². The fourth-order valence-corrected chi connectivity index (χ4v) is 6.47. The van der Waals surface area contributed by atoms with Crippen LogP contribution in [0.3, 0.4) is 0 Å². The van der Waals surface area contributed by atoms with E-state index in [0.29, 0.717) is 30.6 Å². The maximum atomic E-state index is 12.9. The van der Waals surface area contributed by atoms with Crippen molar-refractivity contribution in [3.8, 4) is 5.88 Å². The van der Waals surface area contributed by atoms with E-state index in [1.807, 2.05) is 42.6 Å². The highest BCUT2D eigenvalue weighted by molar-refractivity contribution is 8.00. The number of fused-ring (bicyclic) bond motifs is 2. The van der Waals surface area contributed by atoms with Crippen LogP contribution in [0.15, 0.2) is 47.5 Å². The summed E-state index contributed by atoms with van der Waals surface area (Å²) in [5.41, 5.74) is 4.20. The summed E-state index contributed by atoms with van der Waals surface area (Å²) < 4.78 is 11.2. The molecular weight excluding hydrogens is 504 g/mol. The van der Waals surface area contributed by atoms with Gasteiger partial charge in [-0.1, -0.05) is 0 Å². The number of cyclic esters (lactones) is 1. The largest absolute Gasteiger partial charge is 0.481 e. The number of thioether (sulfide) groups is 1. The zero-order chi connectivity index (χ0) is 26.2. The first-order valence-electron chi connectivity index (χ1n) is 12.8. The molecule has 0 radical (unpaired) electrons. The maximum Gasteiger partial charge on any atom is 0.414 e. The number of nitrogens with zero attached hydrogens (tertiary/aromatic N) is 4. The van der Waals surface area contributed by atoms with Gasteiger partial charge < -0.3 is 20.1 Å². The normalized spacial score (nSPS) is 21.9. The van der Waals surface area contributed by atoms with Gasteiger partial charge in [-0.3, -0.25) is 19.6 Å². The van der Waals surface area contributed by atoms with Gasteiger partial charge in [-0.05, 0) is 68.4 Å². The Bertz CT molecular complexity index is 1380. The molecule has 2 N–H and O–H groups in total. The third-order valence-corrected chi connectivity index (χ3v) is 8.48. The lowest BCUT2D eigenvalue weighted by atomic mass is 9.90. The van der Waals surface area contributed by atoms with Crippen LogP contribution < -0.4 is 20.3 Å². The van der Waals surface area contributed by atoms with Crippen molar-refractivity contribution in [3.05, 3.63) is 48.2 Å². The highest BCUT2D eigenvalue weighted by Gasteiger charge is 2.37. The van der Waals surface area contributed by atoms with E-state index in [9.17, 15) is 9.59 Å². The summed E-state index contributed by atoms with van der Waals surface area (Å²) >= 11 is 1.50. The number of anilines is 2. The van der Waals surface area contributed by atoms with Crippen LogP contribution >= 0.6 is 11.8 Å². The van der Waals surface area contributed by atoms with Gasteiger partial charge in [0.15, 0.2) is 0 Å². The number of benzene rings is 1. The number of rotatable bonds is 7. The summed E-state index contributed by atoms with van der Waals surface area (Å²) in [7, 11) is 3.70. The van der Waals surface area contributed by atoms with Crippen molar-refractivity contribution in [2.24, 2.45) is 5.92 Å². The first-order valence-corrected chi connectivity index (χ1v) is 13.7. The number of ether oxygens (including phenoxy) is 2. The molecule has 0 saturated carbocycles. The number of methoxy groups -OCH3 is 1. The highest BCUT2D eigenvalue weighted by Crippen LogP contribution is 2.38. The van der Waals surface area contributed by atoms with Crippen LogP contribution in [0.2, 0.25) is 0 Å². The second-order valence-corrected chi connectivity index (χ2v) is 10.9. The van der Waals surface area contributed by atoms with E-state index in [4.69, 9.17) is 14.5 Å². The van der Waals surface area contributed by atoms with E-state index in [2.05, 4.69) is 27.6 Å². The predicted molar refractivity (Wildman–Crippen MR) is 146 cm³/mol. The Labute approximate surface area is 225 Å². The molecule has 1 aromatic carbocycles. The Morgan fingerprint density at radius 1 is 1.26 bits per heavy atom. The molecule has 0 spiro atoms. The first kappa shape index (κ1) is 24.9. The molecule has 2 unspecified atom stereocenters. The molecule has 3 aromatic rings. The Kier molecular flexibility index (Phi) is 6.81. The van der Waals surface area contributed by atoms with E-state index >= 15 is 0 Å². The number of carbonyl (C=O) groups is 2. The van der Waals surface area contributed by atoms with Gasteiger partial charge in [0.1, 0.15) is 6.10 Å². The van der Waals surface area contributed by atoms with Crippen LogP contribution in [0.4, 0.5) is 16.2 Å². The SMILES string of the molecule is COc1ccc2nccc([C@H](C3CCNC3)N(C)CC3CN(c4ccc5c(c4)NC(=O)CS5)C(=O)O3)c2n1. The van der Waals surface area contributed by atoms with Crippen molar-refractivity contribution in [2.45, 2.75) is 23.5 Å². The number of nitrogens with one attached hydrogen (secondary N) is 2. The van der Waals surface area contributed by atoms with Gasteiger partial charge in [-0.2, -0.15) is 0 Å². The fourth-order valence-electron chi connectivity index (χ4n) is 5.68. The summed E-state index contributed by atoms with van der Waals surface area (Å²) in [6.07, 6.45) is 2.19. The number of carbonyl (C=O) groups excluding carboxylic acids is 2. The second kappa shape index (κ2) is 10.4. The van der Waals surface area contributed by atoms with Gasteiger partial charge in [-0.15, -0.1) is 11.8 Å². The average Bonchev–Trinajstić information content (AvgIpc) is 3.58. The first-order chi connectivity index (χ1) is 18.5. The number of hydrogen-bond donors (Lipinski definition) is 2. The Balaban J connectivity index is 1.24. The minimum absolute atomic E-state index is 0.0358. The molecule has 3 aliphatic rings. The molecule has 198 valence electrons. The number of aromatic nitrogens is 2. The molecule has 11 heteroatoms. The molecule has 2 aromatic heterocycles. The maximum absolute atomic E-state index is 12.9. The summed E-state index contributed by atoms with van der Waals surface area (Å²) in [4.78, 5) is 38.9. The van der Waals surface area contributed by atoms with Gasteiger partial charge in [0.25, 0.3) is 0 Å². The van der Waals surface area contributed by atoms with Crippen LogP contribution in [-0.4, -0.2) is 79.1 Å². The Morgan fingerprint density at radius 2 is 2.16 bits per heavy atom. The van der Waals surface area contributed by atoms with E-state index in [-0.39, 0.29) is 24.1 Å². The molecule has 3 atom stereocenters. The predicted octanol–water partition coefficient (Wildman–Crippen LogP) is 3.29. The van der Waals surface area contributed by atoms with Crippen molar-refractivity contribution >= 4 is 46.2 Å². The second-order valence-electron chi connectivity index (χ2n) is 9.89. The van der Waals surface area contributed by atoms with Crippen LogP contribution in [0, 0.1) is 5.92 Å². The molecule has 0 aliphatic carbocycles. The monoisotopic (exact) mass is 534 g/mol. The van der Waals surface area contributed by atoms with Gasteiger partial charge in [0.05, 0.1) is 36.1 Å². The lowest BCUT2D eigenvalue weighted by Gasteiger charge is -2.34. The molecule has 2 saturated heterocycles. The molecule has 3 aliphatic heterocycles. The summed E-state index contributed by atoms with van der Waals surface area (Å²) in [6, 6.07) is 11.6. The van der Waals surface area contributed by atoms with Crippen LogP contribution in [0.25, 0.3) is 11.0 Å². The van der Waals surface area contributed by atoms with Gasteiger partial charge in [0, 0.05) is 35.4 Å². The molecule has 0 bridgehead atoms. The molecule has 5 heterocycles. The van der Waals surface area contributed by atoms with Crippen molar-refractivity contribution in [3.63, 3.8) is 0 Å². The van der Waals surface area contributed by atoms with E-state index in [0.717, 1.165) is 52.4 Å². The molecule has 2 amide bonds. The highest BCUT2D eigenvalue weighted by atomic mass is 32.2. The van der Waals surface area contributed by atoms with Crippen molar-refractivity contribution < 1.29 is 19.1 Å². The zero-order valence-corrected chi connectivity index (χ0v) is 22.2. The molecule has 2 fully saturated rings. The molecule has 38 heavy (non-hydrogen) atoms. The van der Waals surface area contributed by atoms with Crippen LogP contribution in [-0.2, 0) is 9.53 Å². The van der Waals surface area contributed by atoms with Gasteiger partial charge in [0.2, 0.25) is 11.8 Å².